The van der Waals surface area contributed by atoms with Gasteiger partial charge in [-0.2, -0.15) is 4.31 Å². The van der Waals surface area contributed by atoms with Crippen molar-refractivity contribution in [2.75, 3.05) is 13.1 Å². The SMILES string of the molecule is O=S(=O)(c1ccc2ccccc2c1)N1CC[C@H](O)C1. The van der Waals surface area contributed by atoms with Crippen LogP contribution < -0.4 is 0 Å². The first-order valence-electron chi connectivity index (χ1n) is 6.24. The number of fused-ring (bicyclic) bond motifs is 1. The van der Waals surface area contributed by atoms with Crippen molar-refractivity contribution in [3.05, 3.63) is 42.5 Å². The lowest BCUT2D eigenvalue weighted by Gasteiger charge is -2.16. The third kappa shape index (κ3) is 2.25. The van der Waals surface area contributed by atoms with E-state index in [9.17, 15) is 13.5 Å². The molecule has 0 saturated carbocycles. The number of rotatable bonds is 2. The number of aliphatic hydroxyl groups excluding tert-OH is 1. The zero-order valence-corrected chi connectivity index (χ0v) is 11.2. The third-order valence-corrected chi connectivity index (χ3v) is 5.35. The molecule has 100 valence electrons. The predicted octanol–water partition coefficient (Wildman–Crippen LogP) is 1.60. The van der Waals surface area contributed by atoms with Crippen LogP contribution in [0.15, 0.2) is 47.4 Å². The molecular formula is C14H15NO3S. The van der Waals surface area contributed by atoms with Crippen LogP contribution in [-0.4, -0.2) is 37.0 Å². The van der Waals surface area contributed by atoms with Crippen molar-refractivity contribution >= 4 is 20.8 Å². The second-order valence-corrected chi connectivity index (χ2v) is 6.75. The van der Waals surface area contributed by atoms with E-state index in [2.05, 4.69) is 0 Å². The number of nitrogens with zero attached hydrogens (tertiary/aromatic N) is 1. The average molecular weight is 277 g/mol. The van der Waals surface area contributed by atoms with E-state index in [1.54, 1.807) is 12.1 Å². The molecule has 5 heteroatoms. The van der Waals surface area contributed by atoms with E-state index in [4.69, 9.17) is 0 Å². The molecule has 1 atom stereocenters. The largest absolute Gasteiger partial charge is 0.392 e. The summed E-state index contributed by atoms with van der Waals surface area (Å²) in [5, 5.41) is 11.4. The smallest absolute Gasteiger partial charge is 0.243 e. The molecular weight excluding hydrogens is 262 g/mol. The number of hydrogen-bond acceptors (Lipinski definition) is 3. The van der Waals surface area contributed by atoms with Crippen molar-refractivity contribution in [2.45, 2.75) is 17.4 Å². The van der Waals surface area contributed by atoms with Crippen LogP contribution in [0.1, 0.15) is 6.42 Å². The zero-order chi connectivity index (χ0) is 13.5. The molecule has 0 radical (unpaired) electrons. The summed E-state index contributed by atoms with van der Waals surface area (Å²) in [6, 6.07) is 12.8. The van der Waals surface area contributed by atoms with E-state index in [1.807, 2.05) is 30.3 Å². The van der Waals surface area contributed by atoms with E-state index < -0.39 is 16.1 Å². The highest BCUT2D eigenvalue weighted by Crippen LogP contribution is 2.24. The summed E-state index contributed by atoms with van der Waals surface area (Å²) in [6.07, 6.45) is -0.0393. The van der Waals surface area contributed by atoms with Gasteiger partial charge in [-0.25, -0.2) is 8.42 Å². The van der Waals surface area contributed by atoms with Gasteiger partial charge in [0.05, 0.1) is 11.0 Å². The van der Waals surface area contributed by atoms with Gasteiger partial charge in [0.1, 0.15) is 0 Å². The fourth-order valence-corrected chi connectivity index (χ4v) is 3.93. The summed E-state index contributed by atoms with van der Waals surface area (Å²) in [5.41, 5.74) is 0. The maximum absolute atomic E-state index is 12.4. The molecule has 4 nitrogen and oxygen atoms in total. The van der Waals surface area contributed by atoms with Gasteiger partial charge < -0.3 is 5.11 Å². The summed E-state index contributed by atoms with van der Waals surface area (Å²) in [5.74, 6) is 0. The summed E-state index contributed by atoms with van der Waals surface area (Å²) in [7, 11) is -3.49. The Labute approximate surface area is 112 Å². The Morgan fingerprint density at radius 2 is 1.84 bits per heavy atom. The van der Waals surface area contributed by atoms with Crippen molar-refractivity contribution in [3.63, 3.8) is 0 Å². The molecule has 0 aromatic heterocycles. The van der Waals surface area contributed by atoms with Gasteiger partial charge in [-0.3, -0.25) is 0 Å². The van der Waals surface area contributed by atoms with Crippen LogP contribution in [0, 0.1) is 0 Å². The summed E-state index contributed by atoms with van der Waals surface area (Å²) < 4.78 is 26.2. The monoisotopic (exact) mass is 277 g/mol. The Morgan fingerprint density at radius 1 is 1.11 bits per heavy atom. The molecule has 1 N–H and O–H groups in total. The highest BCUT2D eigenvalue weighted by molar-refractivity contribution is 7.89. The normalized spacial score (nSPS) is 21.0. The Morgan fingerprint density at radius 3 is 2.53 bits per heavy atom. The van der Waals surface area contributed by atoms with E-state index in [0.29, 0.717) is 17.9 Å². The van der Waals surface area contributed by atoms with Gasteiger partial charge in [0, 0.05) is 13.1 Å². The second kappa shape index (κ2) is 4.59. The predicted molar refractivity (Wildman–Crippen MR) is 73.3 cm³/mol. The highest BCUT2D eigenvalue weighted by atomic mass is 32.2. The topological polar surface area (TPSA) is 57.6 Å². The first-order valence-corrected chi connectivity index (χ1v) is 7.68. The van der Waals surface area contributed by atoms with Gasteiger partial charge in [-0.1, -0.05) is 30.3 Å². The second-order valence-electron chi connectivity index (χ2n) is 4.81. The minimum absolute atomic E-state index is 0.190. The maximum atomic E-state index is 12.4. The molecule has 1 aliphatic rings. The van der Waals surface area contributed by atoms with E-state index in [-0.39, 0.29) is 6.54 Å². The first-order chi connectivity index (χ1) is 9.07. The Hall–Kier alpha value is -1.43. The van der Waals surface area contributed by atoms with E-state index >= 15 is 0 Å². The number of benzene rings is 2. The number of sulfonamides is 1. The molecule has 19 heavy (non-hydrogen) atoms. The van der Waals surface area contributed by atoms with Crippen LogP contribution in [0.3, 0.4) is 0 Å². The molecule has 1 heterocycles. The third-order valence-electron chi connectivity index (χ3n) is 3.48. The first kappa shape index (κ1) is 12.6. The van der Waals surface area contributed by atoms with E-state index in [1.165, 1.54) is 4.31 Å². The molecule has 0 bridgehead atoms. The highest BCUT2D eigenvalue weighted by Gasteiger charge is 2.31. The molecule has 1 aliphatic heterocycles. The molecule has 3 rings (SSSR count). The number of aliphatic hydroxyl groups is 1. The van der Waals surface area contributed by atoms with Gasteiger partial charge in [0.15, 0.2) is 0 Å². The molecule has 0 amide bonds. The van der Waals surface area contributed by atoms with Crippen LogP contribution in [0.4, 0.5) is 0 Å². The van der Waals surface area contributed by atoms with Gasteiger partial charge in [0.2, 0.25) is 10.0 Å². The molecule has 2 aromatic carbocycles. The zero-order valence-electron chi connectivity index (χ0n) is 10.4. The van der Waals surface area contributed by atoms with Crippen molar-refractivity contribution < 1.29 is 13.5 Å². The van der Waals surface area contributed by atoms with Crippen LogP contribution in [0.2, 0.25) is 0 Å². The van der Waals surface area contributed by atoms with Crippen molar-refractivity contribution in [2.24, 2.45) is 0 Å². The van der Waals surface area contributed by atoms with Gasteiger partial charge in [-0.15, -0.1) is 0 Å². The van der Waals surface area contributed by atoms with Gasteiger partial charge >= 0.3 is 0 Å². The van der Waals surface area contributed by atoms with Crippen LogP contribution in [0.25, 0.3) is 10.8 Å². The summed E-state index contributed by atoms with van der Waals surface area (Å²) >= 11 is 0. The molecule has 1 fully saturated rings. The Balaban J connectivity index is 2.03. The fraction of sp³-hybridized carbons (Fsp3) is 0.286. The lowest BCUT2D eigenvalue weighted by molar-refractivity contribution is 0.189. The Bertz CT molecular complexity index is 711. The minimum Gasteiger partial charge on any atom is -0.392 e. The molecule has 0 spiro atoms. The van der Waals surface area contributed by atoms with Crippen LogP contribution >= 0.6 is 0 Å². The fourth-order valence-electron chi connectivity index (χ4n) is 2.41. The lowest BCUT2D eigenvalue weighted by atomic mass is 10.1. The standard InChI is InChI=1S/C14H15NO3S/c16-13-7-8-15(10-13)19(17,18)14-6-5-11-3-1-2-4-12(11)9-14/h1-6,9,13,16H,7-8,10H2/t13-/m0/s1. The van der Waals surface area contributed by atoms with Crippen molar-refractivity contribution in [1.29, 1.82) is 0 Å². The van der Waals surface area contributed by atoms with E-state index in [0.717, 1.165) is 10.8 Å². The summed E-state index contributed by atoms with van der Waals surface area (Å²) in [4.78, 5) is 0.292. The minimum atomic E-state index is -3.49. The van der Waals surface area contributed by atoms with Crippen LogP contribution in [0.5, 0.6) is 0 Å². The molecule has 0 aliphatic carbocycles. The molecule has 2 aromatic rings. The Kier molecular flexibility index (Phi) is 3.05. The molecule has 1 saturated heterocycles. The van der Waals surface area contributed by atoms with Crippen LogP contribution in [-0.2, 0) is 10.0 Å². The lowest BCUT2D eigenvalue weighted by Crippen LogP contribution is -2.29. The van der Waals surface area contributed by atoms with Crippen molar-refractivity contribution in [1.82, 2.24) is 4.31 Å². The quantitative estimate of drug-likeness (QED) is 0.907. The summed E-state index contributed by atoms with van der Waals surface area (Å²) in [6.45, 7) is 0.575. The molecule has 0 unspecified atom stereocenters. The maximum Gasteiger partial charge on any atom is 0.243 e. The van der Waals surface area contributed by atoms with Gasteiger partial charge in [0.25, 0.3) is 0 Å². The average Bonchev–Trinajstić information content (AvgIpc) is 2.85. The van der Waals surface area contributed by atoms with Gasteiger partial charge in [-0.05, 0) is 29.3 Å². The number of β-amino-alcohol motifs (C(OH)–C–C–N with tert-alkyl or cyclic N) is 1. The van der Waals surface area contributed by atoms with Crippen molar-refractivity contribution in [3.8, 4) is 0 Å². The number of hydrogen-bond donors (Lipinski definition) is 1.